The van der Waals surface area contributed by atoms with Gasteiger partial charge in [0.05, 0.1) is 0 Å². The van der Waals surface area contributed by atoms with E-state index in [4.69, 9.17) is 38.9 Å². The molecule has 2 radical (unpaired) electrons. The molecular weight excluding hydrogens is 752 g/mol. The van der Waals surface area contributed by atoms with Crippen molar-refractivity contribution in [1.82, 2.24) is 0 Å². The Morgan fingerprint density at radius 2 is 0.656 bits per heavy atom. The average Bonchev–Trinajstić information content (AvgIpc) is 2.30. The van der Waals surface area contributed by atoms with Gasteiger partial charge in [0.1, 0.15) is 0 Å². The summed E-state index contributed by atoms with van der Waals surface area (Å²) in [5, 5.41) is 0. The van der Waals surface area contributed by atoms with E-state index in [0.29, 0.717) is 0 Å². The van der Waals surface area contributed by atoms with Crippen LogP contribution < -0.4 is 0 Å². The molecule has 192 valence electrons. The number of ether oxygens (including phenoxy) is 1. The van der Waals surface area contributed by atoms with Crippen LogP contribution in [0, 0.1) is 0 Å². The minimum atomic E-state index is -6.09. The third-order valence-corrected chi connectivity index (χ3v) is 2.84. The molecule has 0 bridgehead atoms. The summed E-state index contributed by atoms with van der Waals surface area (Å²) < 4.78 is 181. The van der Waals surface area contributed by atoms with E-state index in [2.05, 4.69) is 4.74 Å². The molecule has 0 saturated heterocycles. The Hall–Kier alpha value is -0.877. The molecule has 0 aliphatic carbocycles. The Morgan fingerprint density at radius 1 is 0.562 bits per heavy atom. The predicted octanol–water partition coefficient (Wildman–Crippen LogP) is -0.131. The zero-order valence-corrected chi connectivity index (χ0v) is 20.4. The minimum Gasteiger partial charge on any atom is -0.741 e. The van der Waals surface area contributed by atoms with Crippen LogP contribution in [0.3, 0.4) is 0 Å². The van der Waals surface area contributed by atoms with Gasteiger partial charge in [0, 0.05) is 13.8 Å². The maximum atomic E-state index is 10.7. The first-order valence-corrected chi connectivity index (χ1v) is 9.85. The van der Waals surface area contributed by atoms with E-state index in [1.807, 2.05) is 0 Å². The molecular formula is C7H6BiF9O12S3. The topological polar surface area (TPSA) is 215 Å². The van der Waals surface area contributed by atoms with Gasteiger partial charge in [-0.3, -0.25) is 9.59 Å². The van der Waals surface area contributed by atoms with Crippen LogP contribution >= 0.6 is 0 Å². The summed E-state index contributed by atoms with van der Waals surface area (Å²) in [6.07, 6.45) is 0. The first-order valence-electron chi connectivity index (χ1n) is 5.63. The van der Waals surface area contributed by atoms with Gasteiger partial charge in [-0.2, -0.15) is 39.5 Å². The molecule has 0 aliphatic rings. The number of hydrogen-bond acceptors (Lipinski definition) is 12. The van der Waals surface area contributed by atoms with Crippen LogP contribution in [0.15, 0.2) is 0 Å². The molecule has 0 saturated carbocycles. The summed E-state index contributed by atoms with van der Waals surface area (Å²) in [6, 6.07) is 0. The average molecular weight is 758 g/mol. The predicted molar refractivity (Wildman–Crippen MR) is 75.5 cm³/mol. The molecule has 0 amide bonds. The summed E-state index contributed by atoms with van der Waals surface area (Å²) in [5.41, 5.74) is -16.9. The van der Waals surface area contributed by atoms with Crippen LogP contribution in [-0.4, -0.2) is 93.6 Å². The van der Waals surface area contributed by atoms with Gasteiger partial charge in [0.25, 0.3) is 0 Å². The Bertz CT molecular complexity index is 787. The molecule has 0 aliphatic heterocycles. The summed E-state index contributed by atoms with van der Waals surface area (Å²) in [4.78, 5) is 19.6. The van der Waals surface area contributed by atoms with Gasteiger partial charge in [0.15, 0.2) is 30.4 Å². The number of carbonyl (C=O) groups excluding carboxylic acids is 2. The Morgan fingerprint density at radius 3 is 0.656 bits per heavy atom. The van der Waals surface area contributed by atoms with Crippen LogP contribution in [0.4, 0.5) is 39.5 Å². The van der Waals surface area contributed by atoms with Crippen molar-refractivity contribution in [3.63, 3.8) is 0 Å². The maximum absolute atomic E-state index is 10.7. The molecule has 0 aromatic heterocycles. The SMILES string of the molecule is CC(=O)OC(C)=O.O=S(=O)([O-])C(F)(F)F.O=S(=O)([O-])C(F)(F)F.O=S(=O)([O-])C(F)(F)F.[Bi+3]. The molecule has 0 fully saturated rings. The van der Waals surface area contributed by atoms with Crippen molar-refractivity contribution in [2.75, 3.05) is 0 Å². The molecule has 0 rings (SSSR count). The van der Waals surface area contributed by atoms with Crippen molar-refractivity contribution in [3.8, 4) is 0 Å². The monoisotopic (exact) mass is 758 g/mol. The fraction of sp³-hybridized carbons (Fsp3) is 0.714. The molecule has 32 heavy (non-hydrogen) atoms. The number of alkyl halides is 9. The van der Waals surface area contributed by atoms with Crippen LogP contribution in [0.25, 0.3) is 0 Å². The van der Waals surface area contributed by atoms with Gasteiger partial charge in [-0.1, -0.05) is 0 Å². The smallest absolute Gasteiger partial charge is 0.741 e. The van der Waals surface area contributed by atoms with E-state index in [1.54, 1.807) is 0 Å². The standard InChI is InChI=1S/C4H6O3.3CHF3O3S.Bi/c1-3(5)7-4(2)6;3*2-1(3,4)8(5,6)7;/h1-2H3;3*(H,5,6,7);/q;;;;+3/p-3. The number of hydrogen-bond donors (Lipinski definition) is 0. The molecule has 0 spiro atoms. The Balaban J connectivity index is -0.000000100. The molecule has 0 aromatic carbocycles. The van der Waals surface area contributed by atoms with Gasteiger partial charge in [-0.05, 0) is 0 Å². The fourth-order valence-electron chi connectivity index (χ4n) is 0.202. The second-order valence-corrected chi connectivity index (χ2v) is 7.90. The number of esters is 2. The van der Waals surface area contributed by atoms with Crippen LogP contribution in [0.1, 0.15) is 13.8 Å². The molecule has 0 unspecified atom stereocenters. The largest absolute Gasteiger partial charge is 3.00 e. The second kappa shape index (κ2) is 14.4. The molecule has 0 atom stereocenters. The van der Waals surface area contributed by atoms with E-state index in [9.17, 15) is 49.1 Å². The number of carbonyl (C=O) groups is 2. The summed E-state index contributed by atoms with van der Waals surface area (Å²) in [7, 11) is -18.3. The van der Waals surface area contributed by atoms with Crippen molar-refractivity contribution in [2.45, 2.75) is 30.4 Å². The van der Waals surface area contributed by atoms with Gasteiger partial charge in [-0.25, -0.2) is 25.3 Å². The van der Waals surface area contributed by atoms with Crippen LogP contribution in [0.5, 0.6) is 0 Å². The molecule has 0 N–H and O–H groups in total. The minimum absolute atomic E-state index is 0. The van der Waals surface area contributed by atoms with Gasteiger partial charge >= 0.3 is 54.7 Å². The van der Waals surface area contributed by atoms with E-state index in [0.717, 1.165) is 0 Å². The third kappa shape index (κ3) is 25.4. The third-order valence-electron chi connectivity index (χ3n) is 1.14. The quantitative estimate of drug-likeness (QED) is 0.0789. The Labute approximate surface area is 191 Å². The zero-order valence-electron chi connectivity index (χ0n) is 14.5. The van der Waals surface area contributed by atoms with Crippen molar-refractivity contribution < 1.29 is 92.8 Å². The van der Waals surface area contributed by atoms with Crippen LogP contribution in [0.2, 0.25) is 0 Å². The van der Waals surface area contributed by atoms with Gasteiger partial charge < -0.3 is 18.4 Å². The van der Waals surface area contributed by atoms with Gasteiger partial charge in [-0.15, -0.1) is 0 Å². The summed E-state index contributed by atoms with van der Waals surface area (Å²) in [5.74, 6) is -1.12. The second-order valence-electron chi connectivity index (χ2n) is 3.78. The Kier molecular flexibility index (Phi) is 18.6. The first kappa shape index (κ1) is 41.4. The normalized spacial score (nSPS) is 12.2. The number of halogens is 9. The van der Waals surface area contributed by atoms with E-state index in [-0.39, 0.29) is 26.2 Å². The first-order chi connectivity index (χ1) is 12.9. The van der Waals surface area contributed by atoms with Crippen molar-refractivity contribution in [2.24, 2.45) is 0 Å². The molecule has 0 heterocycles. The van der Waals surface area contributed by atoms with E-state index >= 15 is 0 Å². The molecule has 12 nitrogen and oxygen atoms in total. The zero-order chi connectivity index (χ0) is 26.9. The maximum Gasteiger partial charge on any atom is 3.00 e. The molecule has 0 aromatic rings. The van der Waals surface area contributed by atoms with E-state index in [1.165, 1.54) is 13.8 Å². The van der Waals surface area contributed by atoms with Crippen molar-refractivity contribution >= 4 is 68.5 Å². The van der Waals surface area contributed by atoms with E-state index < -0.39 is 58.8 Å². The van der Waals surface area contributed by atoms with Crippen molar-refractivity contribution in [3.05, 3.63) is 0 Å². The summed E-state index contributed by atoms with van der Waals surface area (Å²) >= 11 is 0. The van der Waals surface area contributed by atoms with Crippen molar-refractivity contribution in [1.29, 1.82) is 0 Å². The number of rotatable bonds is 0. The van der Waals surface area contributed by atoms with Gasteiger partial charge in [0.2, 0.25) is 0 Å². The van der Waals surface area contributed by atoms with Crippen LogP contribution in [-0.2, 0) is 44.7 Å². The summed E-state index contributed by atoms with van der Waals surface area (Å²) in [6.45, 7) is 2.36. The molecule has 25 heteroatoms. The fourth-order valence-corrected chi connectivity index (χ4v) is 0.202.